The second-order valence-electron chi connectivity index (χ2n) is 3.50. The van der Waals surface area contributed by atoms with Crippen molar-refractivity contribution in [2.45, 2.75) is 31.7 Å². The molecule has 1 amide bonds. The lowest BCUT2D eigenvalue weighted by molar-refractivity contribution is -0.137. The molecule has 94 valence electrons. The minimum Gasteiger partial charge on any atom is -0.481 e. The van der Waals surface area contributed by atoms with Crippen molar-refractivity contribution < 1.29 is 24.5 Å². The molecule has 0 bridgehead atoms. The van der Waals surface area contributed by atoms with Gasteiger partial charge in [-0.1, -0.05) is 0 Å². The van der Waals surface area contributed by atoms with Gasteiger partial charge < -0.3 is 20.3 Å². The Balaban J connectivity index is 3.60. The van der Waals surface area contributed by atoms with Gasteiger partial charge in [0.1, 0.15) is 0 Å². The standard InChI is InChI=1S/C10H19NO5/c1-16-7-8(6-12)11-9(13)4-2-3-5-10(14)15/h8,12H,2-7H2,1H3,(H,11,13)(H,14,15). The van der Waals surface area contributed by atoms with Crippen molar-refractivity contribution in [3.8, 4) is 0 Å². The lowest BCUT2D eigenvalue weighted by Crippen LogP contribution is -2.40. The number of ether oxygens (including phenoxy) is 1. The topological polar surface area (TPSA) is 95.9 Å². The third kappa shape index (κ3) is 8.19. The minimum atomic E-state index is -0.854. The zero-order chi connectivity index (χ0) is 12.4. The molecule has 0 saturated carbocycles. The lowest BCUT2D eigenvalue weighted by Gasteiger charge is -2.14. The molecular weight excluding hydrogens is 214 g/mol. The number of aliphatic carboxylic acids is 1. The molecule has 1 atom stereocenters. The Hall–Kier alpha value is -1.14. The smallest absolute Gasteiger partial charge is 0.303 e. The minimum absolute atomic E-state index is 0.0782. The summed E-state index contributed by atoms with van der Waals surface area (Å²) in [5.41, 5.74) is 0. The zero-order valence-electron chi connectivity index (χ0n) is 9.44. The van der Waals surface area contributed by atoms with E-state index in [9.17, 15) is 9.59 Å². The van der Waals surface area contributed by atoms with Crippen LogP contribution in [0.4, 0.5) is 0 Å². The Morgan fingerprint density at radius 1 is 1.31 bits per heavy atom. The highest BCUT2D eigenvalue weighted by Crippen LogP contribution is 2.00. The number of rotatable bonds is 9. The van der Waals surface area contributed by atoms with Gasteiger partial charge in [0.15, 0.2) is 0 Å². The van der Waals surface area contributed by atoms with Crippen LogP contribution >= 0.6 is 0 Å². The monoisotopic (exact) mass is 233 g/mol. The van der Waals surface area contributed by atoms with Gasteiger partial charge in [0.2, 0.25) is 5.91 Å². The molecule has 0 spiro atoms. The summed E-state index contributed by atoms with van der Waals surface area (Å²) in [6.07, 6.45) is 1.36. The molecule has 0 radical (unpaired) electrons. The average Bonchev–Trinajstić information content (AvgIpc) is 2.23. The molecule has 6 heteroatoms. The second-order valence-corrected chi connectivity index (χ2v) is 3.50. The fraction of sp³-hybridized carbons (Fsp3) is 0.800. The van der Waals surface area contributed by atoms with Crippen LogP contribution in [-0.2, 0) is 14.3 Å². The summed E-state index contributed by atoms with van der Waals surface area (Å²) in [7, 11) is 1.49. The molecule has 1 unspecified atom stereocenters. The molecule has 3 N–H and O–H groups in total. The fourth-order valence-corrected chi connectivity index (χ4v) is 1.20. The maximum atomic E-state index is 11.3. The Morgan fingerprint density at radius 2 is 1.94 bits per heavy atom. The van der Waals surface area contributed by atoms with Crippen molar-refractivity contribution in [3.63, 3.8) is 0 Å². The van der Waals surface area contributed by atoms with E-state index in [0.29, 0.717) is 12.8 Å². The molecule has 0 aliphatic rings. The largest absolute Gasteiger partial charge is 0.481 e. The number of unbranched alkanes of at least 4 members (excludes halogenated alkanes) is 1. The number of carbonyl (C=O) groups is 2. The number of carboxylic acids is 1. The molecule has 0 fully saturated rings. The fourth-order valence-electron chi connectivity index (χ4n) is 1.20. The number of amides is 1. The van der Waals surface area contributed by atoms with Gasteiger partial charge in [0.05, 0.1) is 19.3 Å². The first-order chi connectivity index (χ1) is 7.60. The molecule has 0 aromatic rings. The number of nitrogens with one attached hydrogen (secondary N) is 1. The predicted octanol–water partition coefficient (Wildman–Crippen LogP) is -0.245. The van der Waals surface area contributed by atoms with Gasteiger partial charge in [-0.05, 0) is 12.8 Å². The molecule has 0 heterocycles. The summed E-state index contributed by atoms with van der Waals surface area (Å²) >= 11 is 0. The van der Waals surface area contributed by atoms with Crippen LogP contribution in [0.2, 0.25) is 0 Å². The van der Waals surface area contributed by atoms with Crippen LogP contribution in [0.15, 0.2) is 0 Å². The third-order valence-electron chi connectivity index (χ3n) is 2.00. The number of hydrogen-bond donors (Lipinski definition) is 3. The maximum absolute atomic E-state index is 11.3. The number of carboxylic acid groups (broad SMARTS) is 1. The first-order valence-electron chi connectivity index (χ1n) is 5.21. The first kappa shape index (κ1) is 14.9. The van der Waals surface area contributed by atoms with E-state index >= 15 is 0 Å². The van der Waals surface area contributed by atoms with Crippen LogP contribution in [0.5, 0.6) is 0 Å². The van der Waals surface area contributed by atoms with E-state index in [-0.39, 0.29) is 32.0 Å². The van der Waals surface area contributed by atoms with E-state index in [1.54, 1.807) is 0 Å². The van der Waals surface area contributed by atoms with Crippen molar-refractivity contribution >= 4 is 11.9 Å². The molecule has 0 aliphatic carbocycles. The number of aliphatic hydroxyl groups is 1. The molecule has 0 saturated heterocycles. The van der Waals surface area contributed by atoms with Crippen LogP contribution in [0.1, 0.15) is 25.7 Å². The third-order valence-corrected chi connectivity index (χ3v) is 2.00. The first-order valence-corrected chi connectivity index (χ1v) is 5.21. The van der Waals surface area contributed by atoms with Gasteiger partial charge in [-0.25, -0.2) is 0 Å². The summed E-state index contributed by atoms with van der Waals surface area (Å²) in [5, 5.41) is 19.9. The van der Waals surface area contributed by atoms with Crippen LogP contribution in [0.25, 0.3) is 0 Å². The quantitative estimate of drug-likeness (QED) is 0.477. The van der Waals surface area contributed by atoms with Crippen LogP contribution < -0.4 is 5.32 Å². The molecular formula is C10H19NO5. The van der Waals surface area contributed by atoms with Crippen LogP contribution in [0.3, 0.4) is 0 Å². The molecule has 0 aromatic carbocycles. The van der Waals surface area contributed by atoms with Crippen molar-refractivity contribution in [1.82, 2.24) is 5.32 Å². The summed E-state index contributed by atoms with van der Waals surface area (Å²) < 4.78 is 4.80. The predicted molar refractivity (Wildman–Crippen MR) is 57.0 cm³/mol. The zero-order valence-corrected chi connectivity index (χ0v) is 9.44. The van der Waals surface area contributed by atoms with E-state index in [1.165, 1.54) is 7.11 Å². The number of hydrogen-bond acceptors (Lipinski definition) is 4. The van der Waals surface area contributed by atoms with E-state index in [2.05, 4.69) is 5.32 Å². The van der Waals surface area contributed by atoms with Gasteiger partial charge >= 0.3 is 5.97 Å². The number of aliphatic hydroxyl groups excluding tert-OH is 1. The van der Waals surface area contributed by atoms with Crippen molar-refractivity contribution in [2.24, 2.45) is 0 Å². The van der Waals surface area contributed by atoms with E-state index in [0.717, 1.165) is 0 Å². The number of methoxy groups -OCH3 is 1. The van der Waals surface area contributed by atoms with Crippen molar-refractivity contribution in [2.75, 3.05) is 20.3 Å². The van der Waals surface area contributed by atoms with E-state index in [4.69, 9.17) is 14.9 Å². The normalized spacial score (nSPS) is 12.1. The van der Waals surface area contributed by atoms with E-state index in [1.807, 2.05) is 0 Å². The molecule has 16 heavy (non-hydrogen) atoms. The maximum Gasteiger partial charge on any atom is 0.303 e. The Morgan fingerprint density at radius 3 is 2.44 bits per heavy atom. The molecule has 0 aromatic heterocycles. The lowest BCUT2D eigenvalue weighted by atomic mass is 10.2. The average molecular weight is 233 g/mol. The Kier molecular flexibility index (Phi) is 8.46. The molecule has 0 rings (SSSR count). The van der Waals surface area contributed by atoms with Gasteiger partial charge in [-0.3, -0.25) is 9.59 Å². The Labute approximate surface area is 94.6 Å². The highest BCUT2D eigenvalue weighted by molar-refractivity contribution is 5.76. The molecule has 6 nitrogen and oxygen atoms in total. The SMILES string of the molecule is COCC(CO)NC(=O)CCCCC(=O)O. The van der Waals surface area contributed by atoms with Crippen molar-refractivity contribution in [3.05, 3.63) is 0 Å². The highest BCUT2D eigenvalue weighted by Gasteiger charge is 2.10. The van der Waals surface area contributed by atoms with Crippen LogP contribution in [0, 0.1) is 0 Å². The van der Waals surface area contributed by atoms with Crippen LogP contribution in [-0.4, -0.2) is 48.5 Å². The molecule has 0 aliphatic heterocycles. The summed E-state index contributed by atoms with van der Waals surface area (Å²) in [5.74, 6) is -1.05. The summed E-state index contributed by atoms with van der Waals surface area (Å²) in [4.78, 5) is 21.5. The summed E-state index contributed by atoms with van der Waals surface area (Å²) in [6.45, 7) is 0.0894. The highest BCUT2D eigenvalue weighted by atomic mass is 16.5. The van der Waals surface area contributed by atoms with E-state index < -0.39 is 12.0 Å². The van der Waals surface area contributed by atoms with Gasteiger partial charge in [-0.2, -0.15) is 0 Å². The van der Waals surface area contributed by atoms with Crippen molar-refractivity contribution in [1.29, 1.82) is 0 Å². The van der Waals surface area contributed by atoms with Gasteiger partial charge in [-0.15, -0.1) is 0 Å². The van der Waals surface area contributed by atoms with Gasteiger partial charge in [0, 0.05) is 20.0 Å². The number of carbonyl (C=O) groups excluding carboxylic acids is 1. The Bertz CT molecular complexity index is 219. The second kappa shape index (κ2) is 9.11. The van der Waals surface area contributed by atoms with Gasteiger partial charge in [0.25, 0.3) is 0 Å². The summed E-state index contributed by atoms with van der Waals surface area (Å²) in [6, 6.07) is -0.392.